The van der Waals surface area contributed by atoms with Gasteiger partial charge in [0.2, 0.25) is 0 Å². The molecule has 1 rings (SSSR count). The van der Waals surface area contributed by atoms with E-state index in [1.165, 1.54) is 12.8 Å². The second-order valence-electron chi connectivity index (χ2n) is 5.06. The van der Waals surface area contributed by atoms with Crippen LogP contribution in [0.1, 0.15) is 32.3 Å². The fourth-order valence-corrected chi connectivity index (χ4v) is 2.07. The van der Waals surface area contributed by atoms with Gasteiger partial charge in [-0.05, 0) is 37.2 Å². The number of hydrogen-bond donors (Lipinski definition) is 2. The summed E-state index contributed by atoms with van der Waals surface area (Å²) in [4.78, 5) is 2.26. The summed E-state index contributed by atoms with van der Waals surface area (Å²) in [7, 11) is 0. The Kier molecular flexibility index (Phi) is 8.26. The van der Waals surface area contributed by atoms with Crippen LogP contribution < -0.4 is 10.5 Å². The molecule has 0 fully saturated rings. The van der Waals surface area contributed by atoms with Gasteiger partial charge in [0, 0.05) is 13.1 Å². The number of likely N-dealkylation sites (N-methyl/N-ethyl adjacent to an activating group) is 1. The van der Waals surface area contributed by atoms with Crippen molar-refractivity contribution in [3.63, 3.8) is 0 Å². The molecule has 4 heteroatoms. The van der Waals surface area contributed by atoms with Crippen LogP contribution in [-0.4, -0.2) is 42.4 Å². The first-order chi connectivity index (χ1) is 9.69. The minimum Gasteiger partial charge on any atom is -0.491 e. The predicted molar refractivity (Wildman–Crippen MR) is 82.9 cm³/mol. The molecule has 0 aliphatic carbocycles. The Balaban J connectivity index is 2.35. The smallest absolute Gasteiger partial charge is 0.119 e. The first-order valence-electron chi connectivity index (χ1n) is 7.51. The van der Waals surface area contributed by atoms with E-state index >= 15 is 0 Å². The number of aliphatic hydroxyl groups excluding tert-OH is 1. The molecule has 1 unspecified atom stereocenters. The van der Waals surface area contributed by atoms with Gasteiger partial charge in [0.25, 0.3) is 0 Å². The number of rotatable bonds is 10. The van der Waals surface area contributed by atoms with Crippen molar-refractivity contribution in [2.75, 3.05) is 26.2 Å². The highest BCUT2D eigenvalue weighted by molar-refractivity contribution is 5.28. The molecular weight excluding hydrogens is 252 g/mol. The molecule has 114 valence electrons. The van der Waals surface area contributed by atoms with Crippen molar-refractivity contribution in [3.05, 3.63) is 29.8 Å². The van der Waals surface area contributed by atoms with Gasteiger partial charge in [-0.2, -0.15) is 0 Å². The van der Waals surface area contributed by atoms with Gasteiger partial charge in [-0.15, -0.1) is 0 Å². The monoisotopic (exact) mass is 280 g/mol. The molecule has 0 aliphatic rings. The number of hydrogen-bond acceptors (Lipinski definition) is 4. The number of ether oxygens (including phenoxy) is 1. The topological polar surface area (TPSA) is 58.7 Å². The zero-order chi connectivity index (χ0) is 14.8. The molecule has 1 aromatic rings. The molecule has 20 heavy (non-hydrogen) atoms. The van der Waals surface area contributed by atoms with Gasteiger partial charge in [-0.3, -0.25) is 0 Å². The Bertz CT molecular complexity index is 371. The van der Waals surface area contributed by atoms with Crippen molar-refractivity contribution < 1.29 is 9.84 Å². The van der Waals surface area contributed by atoms with Crippen LogP contribution in [0.25, 0.3) is 0 Å². The van der Waals surface area contributed by atoms with E-state index < -0.39 is 6.10 Å². The Labute approximate surface area is 122 Å². The molecule has 0 amide bonds. The predicted octanol–water partition coefficient (Wildman–Crippen LogP) is 2.01. The fraction of sp³-hybridized carbons (Fsp3) is 0.625. The van der Waals surface area contributed by atoms with Gasteiger partial charge in [0.05, 0.1) is 0 Å². The summed E-state index contributed by atoms with van der Waals surface area (Å²) in [6, 6.07) is 7.69. The molecule has 1 atom stereocenters. The molecule has 0 spiro atoms. The van der Waals surface area contributed by atoms with Gasteiger partial charge in [-0.25, -0.2) is 0 Å². The lowest BCUT2D eigenvalue weighted by Crippen LogP contribution is -2.36. The van der Waals surface area contributed by atoms with Gasteiger partial charge in [0.15, 0.2) is 0 Å². The van der Waals surface area contributed by atoms with E-state index in [0.717, 1.165) is 24.4 Å². The Hall–Kier alpha value is -1.10. The van der Waals surface area contributed by atoms with Crippen LogP contribution in [-0.2, 0) is 6.54 Å². The number of nitrogens with zero attached hydrogens (tertiary/aromatic N) is 1. The van der Waals surface area contributed by atoms with Gasteiger partial charge < -0.3 is 20.5 Å². The molecule has 4 nitrogen and oxygen atoms in total. The van der Waals surface area contributed by atoms with Crippen LogP contribution in [0, 0.1) is 0 Å². The molecule has 0 saturated heterocycles. The summed E-state index contributed by atoms with van der Waals surface area (Å²) in [5.41, 5.74) is 6.63. The van der Waals surface area contributed by atoms with E-state index in [0.29, 0.717) is 19.7 Å². The van der Waals surface area contributed by atoms with E-state index in [4.69, 9.17) is 10.5 Å². The zero-order valence-electron chi connectivity index (χ0n) is 12.7. The van der Waals surface area contributed by atoms with E-state index in [1.807, 2.05) is 24.3 Å². The van der Waals surface area contributed by atoms with E-state index in [2.05, 4.69) is 18.7 Å². The van der Waals surface area contributed by atoms with Gasteiger partial charge in [0.1, 0.15) is 18.5 Å². The Morgan fingerprint density at radius 2 is 2.15 bits per heavy atom. The molecule has 1 aromatic carbocycles. The third-order valence-corrected chi connectivity index (χ3v) is 3.32. The zero-order valence-corrected chi connectivity index (χ0v) is 12.7. The SMILES string of the molecule is CCCCN(CC)CC(O)COc1cccc(CN)c1. The lowest BCUT2D eigenvalue weighted by atomic mass is 10.2. The average molecular weight is 280 g/mol. The second kappa shape index (κ2) is 9.75. The van der Waals surface area contributed by atoms with Gasteiger partial charge >= 0.3 is 0 Å². The third-order valence-electron chi connectivity index (χ3n) is 3.32. The first kappa shape index (κ1) is 17.0. The number of benzene rings is 1. The van der Waals surface area contributed by atoms with Crippen molar-refractivity contribution in [1.82, 2.24) is 4.90 Å². The van der Waals surface area contributed by atoms with Crippen LogP contribution >= 0.6 is 0 Å². The van der Waals surface area contributed by atoms with E-state index in [-0.39, 0.29) is 0 Å². The average Bonchev–Trinajstić information content (AvgIpc) is 2.49. The summed E-state index contributed by atoms with van der Waals surface area (Å²) >= 11 is 0. The molecular formula is C16H28N2O2. The summed E-state index contributed by atoms with van der Waals surface area (Å²) < 4.78 is 5.63. The lowest BCUT2D eigenvalue weighted by molar-refractivity contribution is 0.0694. The van der Waals surface area contributed by atoms with Crippen molar-refractivity contribution >= 4 is 0 Å². The maximum Gasteiger partial charge on any atom is 0.119 e. The van der Waals surface area contributed by atoms with E-state index in [9.17, 15) is 5.11 Å². The summed E-state index contributed by atoms with van der Waals surface area (Å²) in [6.45, 7) is 7.77. The van der Waals surface area contributed by atoms with Crippen LogP contribution in [0.2, 0.25) is 0 Å². The number of aliphatic hydroxyl groups is 1. The van der Waals surface area contributed by atoms with E-state index in [1.54, 1.807) is 0 Å². The molecule has 0 heterocycles. The quantitative estimate of drug-likeness (QED) is 0.688. The van der Waals surface area contributed by atoms with Crippen LogP contribution in [0.3, 0.4) is 0 Å². The maximum atomic E-state index is 10.0. The van der Waals surface area contributed by atoms with Crippen molar-refractivity contribution in [2.45, 2.75) is 39.3 Å². The third kappa shape index (κ3) is 6.37. The molecule has 0 radical (unpaired) electrons. The Morgan fingerprint density at radius 3 is 2.80 bits per heavy atom. The molecule has 0 aromatic heterocycles. The standard InChI is InChI=1S/C16H28N2O2/c1-3-5-9-18(4-2)12-15(19)13-20-16-8-6-7-14(10-16)11-17/h6-8,10,15,19H,3-5,9,11-13,17H2,1-2H3. The molecule has 3 N–H and O–H groups in total. The normalized spacial score (nSPS) is 12.7. The fourth-order valence-electron chi connectivity index (χ4n) is 2.07. The van der Waals surface area contributed by atoms with Crippen molar-refractivity contribution in [2.24, 2.45) is 5.73 Å². The largest absolute Gasteiger partial charge is 0.491 e. The minimum atomic E-state index is -0.465. The van der Waals surface area contributed by atoms with Crippen molar-refractivity contribution in [1.29, 1.82) is 0 Å². The summed E-state index contributed by atoms with van der Waals surface area (Å²) in [6.07, 6.45) is 1.88. The highest BCUT2D eigenvalue weighted by atomic mass is 16.5. The van der Waals surface area contributed by atoms with Crippen LogP contribution in [0.4, 0.5) is 0 Å². The maximum absolute atomic E-state index is 10.0. The first-order valence-corrected chi connectivity index (χ1v) is 7.51. The van der Waals surface area contributed by atoms with Crippen LogP contribution in [0.5, 0.6) is 5.75 Å². The van der Waals surface area contributed by atoms with Crippen LogP contribution in [0.15, 0.2) is 24.3 Å². The highest BCUT2D eigenvalue weighted by Crippen LogP contribution is 2.13. The molecule has 0 saturated carbocycles. The number of unbranched alkanes of at least 4 members (excludes halogenated alkanes) is 1. The summed E-state index contributed by atoms with van der Waals surface area (Å²) in [5.74, 6) is 0.767. The summed E-state index contributed by atoms with van der Waals surface area (Å²) in [5, 5.41) is 10.0. The second-order valence-corrected chi connectivity index (χ2v) is 5.06. The van der Waals surface area contributed by atoms with Gasteiger partial charge in [-0.1, -0.05) is 32.4 Å². The lowest BCUT2D eigenvalue weighted by Gasteiger charge is -2.23. The number of nitrogens with two attached hydrogens (primary N) is 1. The Morgan fingerprint density at radius 1 is 1.35 bits per heavy atom. The molecule has 0 bridgehead atoms. The minimum absolute atomic E-state index is 0.316. The van der Waals surface area contributed by atoms with Crippen molar-refractivity contribution in [3.8, 4) is 5.75 Å². The highest BCUT2D eigenvalue weighted by Gasteiger charge is 2.10. The molecule has 0 aliphatic heterocycles.